The van der Waals surface area contributed by atoms with Gasteiger partial charge in [-0.1, -0.05) is 46.6 Å². The molecule has 190 valence electrons. The van der Waals surface area contributed by atoms with E-state index in [0.717, 1.165) is 6.07 Å². The third kappa shape index (κ3) is 5.37. The summed E-state index contributed by atoms with van der Waals surface area (Å²) in [5, 5.41) is 15.7. The zero-order valence-corrected chi connectivity index (χ0v) is 20.0. The Morgan fingerprint density at radius 2 is 1.65 bits per heavy atom. The van der Waals surface area contributed by atoms with E-state index < -0.39 is 34.1 Å². The van der Waals surface area contributed by atoms with Crippen LogP contribution in [0.2, 0.25) is 10.0 Å². The van der Waals surface area contributed by atoms with Crippen LogP contribution in [0.4, 0.5) is 18.9 Å². The van der Waals surface area contributed by atoms with Gasteiger partial charge in [0, 0.05) is 11.6 Å². The first kappa shape index (κ1) is 26.0. The topological polar surface area (TPSA) is 105 Å². The zero-order chi connectivity index (χ0) is 26.9. The zero-order valence-electron chi connectivity index (χ0n) is 18.5. The molecule has 37 heavy (non-hydrogen) atoms. The van der Waals surface area contributed by atoms with Gasteiger partial charge >= 0.3 is 17.8 Å². The van der Waals surface area contributed by atoms with Crippen LogP contribution < -0.4 is 9.47 Å². The van der Waals surface area contributed by atoms with Gasteiger partial charge in [-0.25, -0.2) is 4.79 Å². The Morgan fingerprint density at radius 1 is 1.00 bits per heavy atom. The molecule has 13 heteroatoms. The molecule has 0 saturated carbocycles. The lowest BCUT2D eigenvalue weighted by Gasteiger charge is -2.13. The van der Waals surface area contributed by atoms with Gasteiger partial charge in [0.2, 0.25) is 5.75 Å². The van der Waals surface area contributed by atoms with Crippen molar-refractivity contribution >= 4 is 34.9 Å². The first-order chi connectivity index (χ1) is 17.5. The van der Waals surface area contributed by atoms with Crippen LogP contribution in [-0.4, -0.2) is 16.0 Å². The number of rotatable bonds is 6. The average molecular weight is 553 g/mol. The van der Waals surface area contributed by atoms with E-state index in [4.69, 9.17) is 37.2 Å². The van der Waals surface area contributed by atoms with Gasteiger partial charge in [-0.15, -0.1) is 0 Å². The Bertz CT molecular complexity index is 1500. The summed E-state index contributed by atoms with van der Waals surface area (Å²) < 4.78 is 55.2. The molecule has 0 fully saturated rings. The number of nitrogens with zero attached hydrogens (tertiary/aromatic N) is 2. The highest BCUT2D eigenvalue weighted by Gasteiger charge is 2.34. The minimum atomic E-state index is -4.80. The molecule has 1 aromatic heterocycles. The summed E-state index contributed by atoms with van der Waals surface area (Å²) in [6, 6.07) is 12.1. The predicted octanol–water partition coefficient (Wildman–Crippen LogP) is 7.90. The molecule has 0 saturated heterocycles. The molecule has 1 heterocycles. The van der Waals surface area contributed by atoms with E-state index in [1.54, 1.807) is 18.2 Å². The monoisotopic (exact) mass is 552 g/mol. The quantitative estimate of drug-likeness (QED) is 0.103. The lowest BCUT2D eigenvalue weighted by Crippen LogP contribution is -2.11. The number of ether oxygens (including phenoxy) is 2. The van der Waals surface area contributed by atoms with Crippen LogP contribution in [0.25, 0.3) is 11.3 Å². The molecule has 0 bridgehead atoms. The molecule has 0 aliphatic heterocycles. The highest BCUT2D eigenvalue weighted by atomic mass is 35.5. The molecule has 4 aromatic rings. The average Bonchev–Trinajstić information content (AvgIpc) is 3.20. The van der Waals surface area contributed by atoms with Crippen molar-refractivity contribution in [1.29, 1.82) is 0 Å². The van der Waals surface area contributed by atoms with Gasteiger partial charge in [-0.2, -0.15) is 13.2 Å². The van der Waals surface area contributed by atoms with E-state index in [2.05, 4.69) is 5.16 Å². The Morgan fingerprint density at radius 3 is 2.27 bits per heavy atom. The van der Waals surface area contributed by atoms with Crippen molar-refractivity contribution in [3.63, 3.8) is 0 Å². The number of aromatic nitrogens is 1. The predicted molar refractivity (Wildman–Crippen MR) is 126 cm³/mol. The summed E-state index contributed by atoms with van der Waals surface area (Å²) in [5.74, 6) is -1.70. The summed E-state index contributed by atoms with van der Waals surface area (Å²) in [7, 11) is 0. The number of aryl methyl sites for hydroxylation is 1. The van der Waals surface area contributed by atoms with E-state index in [9.17, 15) is 28.1 Å². The molecule has 8 nitrogen and oxygen atoms in total. The number of nitro groups is 1. The molecule has 0 radical (unpaired) electrons. The van der Waals surface area contributed by atoms with Crippen LogP contribution in [0.5, 0.6) is 17.2 Å². The van der Waals surface area contributed by atoms with E-state index in [0.29, 0.717) is 12.1 Å². The molecular weight excluding hydrogens is 540 g/mol. The van der Waals surface area contributed by atoms with Gasteiger partial charge in [0.25, 0.3) is 0 Å². The lowest BCUT2D eigenvalue weighted by atomic mass is 10.1. The first-order valence-corrected chi connectivity index (χ1v) is 11.0. The van der Waals surface area contributed by atoms with Crippen molar-refractivity contribution in [2.75, 3.05) is 0 Å². The molecular formula is C24H13Cl2F3N2O6. The standard InChI is InChI=1S/C24H13Cl2F3N2O6/c1-12-20(22(30-37-12)21-14(25)5-4-6-15(21)26)23(32)36-19-8-3-2-7-18(19)35-17-10-9-13(24(27,28)29)11-16(17)31(33)34/h2-11H,1H3. The van der Waals surface area contributed by atoms with Crippen molar-refractivity contribution in [2.45, 2.75) is 13.1 Å². The molecule has 0 unspecified atom stereocenters. The highest BCUT2D eigenvalue weighted by Crippen LogP contribution is 2.41. The Kier molecular flexibility index (Phi) is 7.10. The van der Waals surface area contributed by atoms with Crippen LogP contribution in [0.3, 0.4) is 0 Å². The van der Waals surface area contributed by atoms with Crippen LogP contribution in [0.1, 0.15) is 21.7 Å². The normalized spacial score (nSPS) is 11.3. The third-order valence-corrected chi connectivity index (χ3v) is 5.65. The number of hydrogen-bond donors (Lipinski definition) is 0. The number of benzene rings is 3. The number of hydrogen-bond acceptors (Lipinski definition) is 7. The van der Waals surface area contributed by atoms with Gasteiger partial charge < -0.3 is 14.0 Å². The summed E-state index contributed by atoms with van der Waals surface area (Å²) in [6.45, 7) is 1.46. The summed E-state index contributed by atoms with van der Waals surface area (Å²) in [6.07, 6.45) is -4.80. The van der Waals surface area contributed by atoms with E-state index >= 15 is 0 Å². The van der Waals surface area contributed by atoms with E-state index in [-0.39, 0.29) is 44.1 Å². The van der Waals surface area contributed by atoms with Crippen molar-refractivity contribution in [2.24, 2.45) is 0 Å². The molecule has 0 atom stereocenters. The molecule has 0 aliphatic carbocycles. The number of esters is 1. The fourth-order valence-electron chi connectivity index (χ4n) is 3.32. The molecule has 0 amide bonds. The number of nitro benzene ring substituents is 1. The minimum Gasteiger partial charge on any atom is -0.446 e. The Hall–Kier alpha value is -4.09. The second-order valence-electron chi connectivity index (χ2n) is 7.43. The SMILES string of the molecule is Cc1onc(-c2c(Cl)cccc2Cl)c1C(=O)Oc1ccccc1Oc1ccc(C(F)(F)F)cc1[N+](=O)[O-]. The second kappa shape index (κ2) is 10.1. The summed E-state index contributed by atoms with van der Waals surface area (Å²) in [5.41, 5.74) is -1.99. The highest BCUT2D eigenvalue weighted by molar-refractivity contribution is 6.39. The largest absolute Gasteiger partial charge is 0.446 e. The van der Waals surface area contributed by atoms with Crippen molar-refractivity contribution in [3.05, 3.63) is 97.7 Å². The fourth-order valence-corrected chi connectivity index (χ4v) is 3.89. The van der Waals surface area contributed by atoms with Crippen molar-refractivity contribution < 1.29 is 36.9 Å². The van der Waals surface area contributed by atoms with Gasteiger partial charge in [0.05, 0.1) is 20.5 Å². The van der Waals surface area contributed by atoms with Crippen molar-refractivity contribution in [3.8, 4) is 28.5 Å². The maximum absolute atomic E-state index is 13.2. The fraction of sp³-hybridized carbons (Fsp3) is 0.0833. The van der Waals surface area contributed by atoms with E-state index in [1.165, 1.54) is 31.2 Å². The Labute approximate surface area is 216 Å². The lowest BCUT2D eigenvalue weighted by molar-refractivity contribution is -0.385. The molecule has 0 aliphatic rings. The number of halogens is 5. The van der Waals surface area contributed by atoms with Crippen LogP contribution >= 0.6 is 23.2 Å². The summed E-state index contributed by atoms with van der Waals surface area (Å²) >= 11 is 12.5. The number of para-hydroxylation sites is 2. The smallest absolute Gasteiger partial charge is 0.416 e. The van der Waals surface area contributed by atoms with Gasteiger partial charge in [-0.05, 0) is 43.3 Å². The van der Waals surface area contributed by atoms with Gasteiger partial charge in [0.1, 0.15) is 17.0 Å². The molecule has 3 aromatic carbocycles. The summed E-state index contributed by atoms with van der Waals surface area (Å²) in [4.78, 5) is 23.5. The number of carbonyl (C=O) groups excluding carboxylic acids is 1. The van der Waals surface area contributed by atoms with Gasteiger partial charge in [0.15, 0.2) is 11.5 Å². The van der Waals surface area contributed by atoms with Crippen LogP contribution in [0, 0.1) is 17.0 Å². The minimum absolute atomic E-state index is 0.0230. The van der Waals surface area contributed by atoms with Crippen LogP contribution in [0.15, 0.2) is 65.2 Å². The number of carbonyl (C=O) groups is 1. The Balaban J connectivity index is 1.69. The molecule has 4 rings (SSSR count). The maximum Gasteiger partial charge on any atom is 0.416 e. The number of alkyl halides is 3. The second-order valence-corrected chi connectivity index (χ2v) is 8.25. The molecule has 0 N–H and O–H groups in total. The van der Waals surface area contributed by atoms with Crippen molar-refractivity contribution in [1.82, 2.24) is 5.16 Å². The van der Waals surface area contributed by atoms with Crippen LogP contribution in [-0.2, 0) is 6.18 Å². The maximum atomic E-state index is 13.2. The van der Waals surface area contributed by atoms with Gasteiger partial charge in [-0.3, -0.25) is 10.1 Å². The molecule has 0 spiro atoms. The third-order valence-electron chi connectivity index (χ3n) is 5.02. The first-order valence-electron chi connectivity index (χ1n) is 10.2. The van der Waals surface area contributed by atoms with E-state index in [1.807, 2.05) is 0 Å².